The normalized spacial score (nSPS) is 13.3. The average molecular weight is 521 g/mol. The molecule has 2 N–H and O–H groups in total. The third kappa shape index (κ3) is 5.42. The zero-order valence-electron chi connectivity index (χ0n) is 17.3. The average Bonchev–Trinajstić information content (AvgIpc) is 2.70. The van der Waals surface area contributed by atoms with Gasteiger partial charge in [0.15, 0.2) is 17.3 Å². The molecule has 1 unspecified atom stereocenters. The smallest absolute Gasteiger partial charge is 0.435 e. The molecule has 0 saturated heterocycles. The summed E-state index contributed by atoms with van der Waals surface area (Å²) in [4.78, 5) is 13.0. The Bertz CT molecular complexity index is 1370. The number of amides is 1. The summed E-state index contributed by atoms with van der Waals surface area (Å²) < 4.78 is 92.1. The lowest BCUT2D eigenvalue weighted by molar-refractivity contribution is -0.142. The molecule has 1 aromatic heterocycles. The Hall–Kier alpha value is -3.32. The summed E-state index contributed by atoms with van der Waals surface area (Å²) in [6.07, 6.45) is -3.81. The van der Waals surface area contributed by atoms with Crippen LogP contribution in [0.4, 0.5) is 27.6 Å². The molecule has 34 heavy (non-hydrogen) atoms. The van der Waals surface area contributed by atoms with Gasteiger partial charge in [-0.2, -0.15) is 13.2 Å². The van der Waals surface area contributed by atoms with Crippen molar-refractivity contribution in [2.45, 2.75) is 18.0 Å². The number of hydrogen-bond donors (Lipinski definition) is 2. The SMILES string of the molecule is Cc1c(C(F)(F)F)nnc(Oc2cc(F)c(F)c(Cl)c2)c1C(=O)Nc1cccc(S(C)(=N)=O)c1. The van der Waals surface area contributed by atoms with Crippen molar-refractivity contribution in [3.63, 3.8) is 0 Å². The Morgan fingerprint density at radius 1 is 1.18 bits per heavy atom. The highest BCUT2D eigenvalue weighted by molar-refractivity contribution is 7.91. The van der Waals surface area contributed by atoms with Crippen molar-refractivity contribution in [2.24, 2.45) is 0 Å². The van der Waals surface area contributed by atoms with Gasteiger partial charge in [-0.1, -0.05) is 17.7 Å². The molecule has 0 saturated carbocycles. The Labute approximate surface area is 194 Å². The minimum absolute atomic E-state index is 0.0240. The number of benzene rings is 2. The summed E-state index contributed by atoms with van der Waals surface area (Å²) >= 11 is 5.56. The number of carbonyl (C=O) groups excluding carboxylic acids is 1. The van der Waals surface area contributed by atoms with Crippen molar-refractivity contribution in [3.8, 4) is 11.6 Å². The van der Waals surface area contributed by atoms with Gasteiger partial charge in [-0.05, 0) is 30.7 Å². The van der Waals surface area contributed by atoms with Crippen molar-refractivity contribution >= 4 is 32.9 Å². The number of aromatic nitrogens is 2. The maximum absolute atomic E-state index is 13.7. The maximum Gasteiger partial charge on any atom is 0.435 e. The molecule has 14 heteroatoms. The van der Waals surface area contributed by atoms with Crippen LogP contribution < -0.4 is 10.1 Å². The van der Waals surface area contributed by atoms with Crippen molar-refractivity contribution in [1.29, 1.82) is 4.78 Å². The number of hydrogen-bond acceptors (Lipinski definition) is 6. The first kappa shape index (κ1) is 25.3. The standard InChI is InChI=1S/C20H14ClF5N4O3S/c1-9-15(18(31)28-10-4-3-5-12(6-10)34(2,27)32)19(30-29-17(9)20(24,25)26)33-11-7-13(21)16(23)14(22)8-11/h3-8,27H,1-2H3,(H,28,31). The molecule has 2 aromatic carbocycles. The monoisotopic (exact) mass is 520 g/mol. The third-order valence-corrected chi connectivity index (χ3v) is 5.82. The Morgan fingerprint density at radius 2 is 1.85 bits per heavy atom. The second-order valence-corrected chi connectivity index (χ2v) is 9.55. The van der Waals surface area contributed by atoms with E-state index < -0.39 is 66.9 Å². The van der Waals surface area contributed by atoms with Crippen molar-refractivity contribution in [1.82, 2.24) is 10.2 Å². The fraction of sp³-hybridized carbons (Fsp3) is 0.150. The van der Waals surface area contributed by atoms with Gasteiger partial charge in [0.2, 0.25) is 0 Å². The number of alkyl halides is 3. The molecule has 3 rings (SSSR count). The molecule has 1 atom stereocenters. The van der Waals surface area contributed by atoms with E-state index >= 15 is 0 Å². The van der Waals surface area contributed by atoms with E-state index in [1.165, 1.54) is 24.3 Å². The number of rotatable bonds is 5. The molecular weight excluding hydrogens is 507 g/mol. The van der Waals surface area contributed by atoms with Crippen LogP contribution in [0.2, 0.25) is 5.02 Å². The van der Waals surface area contributed by atoms with E-state index in [0.717, 1.165) is 19.2 Å². The zero-order chi connectivity index (χ0) is 25.4. The molecule has 3 aromatic rings. The number of carbonyl (C=O) groups is 1. The van der Waals surface area contributed by atoms with Crippen LogP contribution in [-0.4, -0.2) is 26.6 Å². The Kier molecular flexibility index (Phi) is 6.80. The van der Waals surface area contributed by atoms with Crippen LogP contribution >= 0.6 is 11.6 Å². The van der Waals surface area contributed by atoms with Crippen LogP contribution in [0.5, 0.6) is 11.6 Å². The predicted molar refractivity (Wildman–Crippen MR) is 113 cm³/mol. The number of ether oxygens (including phenoxy) is 1. The van der Waals surface area contributed by atoms with Gasteiger partial charge in [0.1, 0.15) is 11.3 Å². The lowest BCUT2D eigenvalue weighted by atomic mass is 10.1. The summed E-state index contributed by atoms with van der Waals surface area (Å²) in [6, 6.07) is 6.75. The highest BCUT2D eigenvalue weighted by Gasteiger charge is 2.38. The van der Waals surface area contributed by atoms with Gasteiger partial charge in [0.25, 0.3) is 11.8 Å². The van der Waals surface area contributed by atoms with E-state index in [-0.39, 0.29) is 10.6 Å². The van der Waals surface area contributed by atoms with E-state index in [1.807, 2.05) is 0 Å². The van der Waals surface area contributed by atoms with E-state index in [4.69, 9.17) is 21.1 Å². The van der Waals surface area contributed by atoms with Crippen molar-refractivity contribution < 1.29 is 35.7 Å². The van der Waals surface area contributed by atoms with Gasteiger partial charge in [-0.15, -0.1) is 10.2 Å². The number of nitrogens with zero attached hydrogens (tertiary/aromatic N) is 2. The molecule has 0 radical (unpaired) electrons. The van der Waals surface area contributed by atoms with E-state index in [1.54, 1.807) is 0 Å². The predicted octanol–water partition coefficient (Wildman–Crippen LogP) is 5.82. The van der Waals surface area contributed by atoms with Gasteiger partial charge in [-0.25, -0.2) is 17.8 Å². The van der Waals surface area contributed by atoms with Gasteiger partial charge in [0, 0.05) is 29.0 Å². The maximum atomic E-state index is 13.7. The van der Waals surface area contributed by atoms with E-state index in [0.29, 0.717) is 6.07 Å². The summed E-state index contributed by atoms with van der Waals surface area (Å²) in [5.41, 5.74) is -2.79. The number of halogens is 6. The second-order valence-electron chi connectivity index (χ2n) is 6.98. The van der Waals surface area contributed by atoms with Gasteiger partial charge < -0.3 is 10.1 Å². The molecule has 1 heterocycles. The third-order valence-electron chi connectivity index (χ3n) is 4.39. The highest BCUT2D eigenvalue weighted by atomic mass is 35.5. The van der Waals surface area contributed by atoms with Crippen molar-refractivity contribution in [2.75, 3.05) is 11.6 Å². The minimum atomic E-state index is -4.96. The number of nitrogens with one attached hydrogen (secondary N) is 2. The molecule has 1 amide bonds. The summed E-state index contributed by atoms with van der Waals surface area (Å²) in [5.74, 6) is -5.08. The van der Waals surface area contributed by atoms with Gasteiger partial charge in [-0.3, -0.25) is 4.79 Å². The first-order chi connectivity index (χ1) is 15.7. The minimum Gasteiger partial charge on any atom is -0.437 e. The van der Waals surface area contributed by atoms with Gasteiger partial charge in [0.05, 0.1) is 14.8 Å². The molecule has 0 fully saturated rings. The van der Waals surface area contributed by atoms with Crippen LogP contribution in [0, 0.1) is 23.3 Å². The van der Waals surface area contributed by atoms with E-state index in [9.17, 15) is 31.0 Å². The quantitative estimate of drug-likeness (QED) is 0.326. The van der Waals surface area contributed by atoms with E-state index in [2.05, 4.69) is 15.5 Å². The zero-order valence-corrected chi connectivity index (χ0v) is 18.8. The fourth-order valence-corrected chi connectivity index (χ4v) is 3.71. The Balaban J connectivity index is 2.09. The summed E-state index contributed by atoms with van der Waals surface area (Å²) in [5, 5.41) is 8.03. The summed E-state index contributed by atoms with van der Waals surface area (Å²) in [6.45, 7) is 0.955. The molecule has 0 aliphatic heterocycles. The Morgan fingerprint density at radius 3 is 2.44 bits per heavy atom. The molecular formula is C20H14ClF5N4O3S. The van der Waals surface area contributed by atoms with Crippen LogP contribution in [0.25, 0.3) is 0 Å². The van der Waals surface area contributed by atoms with Crippen molar-refractivity contribution in [3.05, 3.63) is 69.9 Å². The molecule has 0 aliphatic rings. The topological polar surface area (TPSA) is 105 Å². The largest absolute Gasteiger partial charge is 0.437 e. The van der Waals surface area contributed by atoms with Crippen LogP contribution in [0.15, 0.2) is 41.3 Å². The first-order valence-electron chi connectivity index (χ1n) is 9.10. The lowest BCUT2D eigenvalue weighted by Gasteiger charge is -2.16. The van der Waals surface area contributed by atoms with Gasteiger partial charge >= 0.3 is 6.18 Å². The molecule has 0 aliphatic carbocycles. The fourth-order valence-electron chi connectivity index (χ4n) is 2.82. The van der Waals surface area contributed by atoms with Crippen LogP contribution in [0.1, 0.15) is 21.6 Å². The molecule has 0 bridgehead atoms. The van der Waals surface area contributed by atoms with Crippen LogP contribution in [0.3, 0.4) is 0 Å². The molecule has 7 nitrogen and oxygen atoms in total. The second kappa shape index (κ2) is 9.14. The first-order valence-corrected chi connectivity index (χ1v) is 11.4. The summed E-state index contributed by atoms with van der Waals surface area (Å²) in [7, 11) is -3.15. The lowest BCUT2D eigenvalue weighted by Crippen LogP contribution is -2.21. The highest BCUT2D eigenvalue weighted by Crippen LogP contribution is 2.36. The van der Waals surface area contributed by atoms with Crippen LogP contribution in [-0.2, 0) is 15.9 Å². The number of anilines is 1. The molecule has 0 spiro atoms. The molecule has 180 valence electrons.